The topological polar surface area (TPSA) is 29.1 Å². The molecular formula is C12H19NOS. The number of hydrogen-bond donors (Lipinski definition) is 1. The zero-order chi connectivity index (χ0) is 11.1. The van der Waals surface area contributed by atoms with Crippen LogP contribution in [0.3, 0.4) is 0 Å². The van der Waals surface area contributed by atoms with Crippen molar-refractivity contribution in [2.75, 3.05) is 18.1 Å². The third kappa shape index (κ3) is 5.09. The predicted octanol–water partition coefficient (Wildman–Crippen LogP) is 1.85. The van der Waals surface area contributed by atoms with E-state index in [1.165, 1.54) is 11.1 Å². The molecule has 3 heteroatoms. The maximum atomic E-state index is 11.1. The van der Waals surface area contributed by atoms with Crippen LogP contribution in [-0.4, -0.2) is 22.3 Å². The number of benzene rings is 1. The van der Waals surface area contributed by atoms with Crippen LogP contribution >= 0.6 is 0 Å². The molecule has 1 aromatic rings. The highest BCUT2D eigenvalue weighted by Crippen LogP contribution is 2.02. The quantitative estimate of drug-likeness (QED) is 0.749. The summed E-state index contributed by atoms with van der Waals surface area (Å²) in [6, 6.07) is 8.44. The van der Waals surface area contributed by atoms with Crippen LogP contribution in [0.1, 0.15) is 18.1 Å². The molecule has 0 saturated heterocycles. The zero-order valence-corrected chi connectivity index (χ0v) is 10.3. The highest BCUT2D eigenvalue weighted by molar-refractivity contribution is 7.84. The standard InChI is InChI=1S/C12H19NOS/c1-3-15(14)8-7-13-10-12-6-4-5-11(2)9-12/h4-6,9,13H,3,7-8,10H2,1-2H3. The van der Waals surface area contributed by atoms with E-state index in [0.29, 0.717) is 0 Å². The fourth-order valence-electron chi connectivity index (χ4n) is 1.39. The van der Waals surface area contributed by atoms with Gasteiger partial charge in [0.2, 0.25) is 0 Å². The van der Waals surface area contributed by atoms with Crippen LogP contribution in [0.5, 0.6) is 0 Å². The molecule has 0 radical (unpaired) electrons. The van der Waals surface area contributed by atoms with E-state index in [2.05, 4.69) is 36.5 Å². The van der Waals surface area contributed by atoms with Crippen molar-refractivity contribution in [2.24, 2.45) is 0 Å². The van der Waals surface area contributed by atoms with Crippen LogP contribution in [0.15, 0.2) is 24.3 Å². The molecule has 0 amide bonds. The lowest BCUT2D eigenvalue weighted by molar-refractivity contribution is 0.674. The van der Waals surface area contributed by atoms with Gasteiger partial charge >= 0.3 is 0 Å². The van der Waals surface area contributed by atoms with Gasteiger partial charge in [0.25, 0.3) is 0 Å². The zero-order valence-electron chi connectivity index (χ0n) is 9.45. The predicted molar refractivity (Wildman–Crippen MR) is 66.4 cm³/mol. The minimum absolute atomic E-state index is 0.652. The van der Waals surface area contributed by atoms with Crippen LogP contribution in [0.25, 0.3) is 0 Å². The molecule has 1 unspecified atom stereocenters. The summed E-state index contributed by atoms with van der Waals surface area (Å²) >= 11 is 0. The summed E-state index contributed by atoms with van der Waals surface area (Å²) in [7, 11) is -0.652. The summed E-state index contributed by atoms with van der Waals surface area (Å²) in [5, 5.41) is 3.30. The molecular weight excluding hydrogens is 206 g/mol. The molecule has 0 bridgehead atoms. The van der Waals surface area contributed by atoms with Crippen LogP contribution in [0.2, 0.25) is 0 Å². The lowest BCUT2D eigenvalue weighted by Crippen LogP contribution is -2.20. The van der Waals surface area contributed by atoms with Gasteiger partial charge in [-0.05, 0) is 12.5 Å². The Morgan fingerprint density at radius 1 is 1.40 bits per heavy atom. The molecule has 0 fully saturated rings. The van der Waals surface area contributed by atoms with E-state index in [1.807, 2.05) is 6.92 Å². The van der Waals surface area contributed by atoms with Gasteiger partial charge in [-0.25, -0.2) is 0 Å². The third-order valence-electron chi connectivity index (χ3n) is 2.24. The Morgan fingerprint density at radius 3 is 2.87 bits per heavy atom. The maximum Gasteiger partial charge on any atom is 0.0360 e. The van der Waals surface area contributed by atoms with E-state index in [9.17, 15) is 4.21 Å². The van der Waals surface area contributed by atoms with E-state index >= 15 is 0 Å². The van der Waals surface area contributed by atoms with Gasteiger partial charge in [0, 0.05) is 35.4 Å². The Bertz CT molecular complexity index is 325. The average Bonchev–Trinajstić information content (AvgIpc) is 2.24. The minimum atomic E-state index is -0.652. The van der Waals surface area contributed by atoms with E-state index < -0.39 is 10.8 Å². The first kappa shape index (κ1) is 12.4. The first-order valence-electron chi connectivity index (χ1n) is 5.33. The van der Waals surface area contributed by atoms with Crippen molar-refractivity contribution in [2.45, 2.75) is 20.4 Å². The Balaban J connectivity index is 2.23. The third-order valence-corrected chi connectivity index (χ3v) is 3.54. The van der Waals surface area contributed by atoms with Crippen molar-refractivity contribution in [1.29, 1.82) is 0 Å². The Labute approximate surface area is 94.5 Å². The normalized spacial score (nSPS) is 12.7. The van der Waals surface area contributed by atoms with Crippen molar-refractivity contribution in [3.8, 4) is 0 Å². The summed E-state index contributed by atoms with van der Waals surface area (Å²) in [6.45, 7) is 5.74. The van der Waals surface area contributed by atoms with Gasteiger partial charge in [-0.2, -0.15) is 0 Å². The fourth-order valence-corrected chi connectivity index (χ4v) is 2.05. The van der Waals surface area contributed by atoms with Crippen LogP contribution in [0, 0.1) is 6.92 Å². The molecule has 15 heavy (non-hydrogen) atoms. The summed E-state index contributed by atoms with van der Waals surface area (Å²) < 4.78 is 11.1. The first-order chi connectivity index (χ1) is 7.22. The first-order valence-corrected chi connectivity index (χ1v) is 6.82. The molecule has 1 N–H and O–H groups in total. The molecule has 0 aliphatic heterocycles. The molecule has 84 valence electrons. The number of hydrogen-bond acceptors (Lipinski definition) is 2. The van der Waals surface area contributed by atoms with E-state index in [4.69, 9.17) is 0 Å². The largest absolute Gasteiger partial charge is 0.312 e. The smallest absolute Gasteiger partial charge is 0.0360 e. The summed E-state index contributed by atoms with van der Waals surface area (Å²) in [5.41, 5.74) is 2.57. The molecule has 0 aliphatic rings. The summed E-state index contributed by atoms with van der Waals surface area (Å²) in [6.07, 6.45) is 0. The molecule has 0 spiro atoms. The van der Waals surface area contributed by atoms with Crippen molar-refractivity contribution in [1.82, 2.24) is 5.32 Å². The van der Waals surface area contributed by atoms with E-state index in [-0.39, 0.29) is 0 Å². The lowest BCUT2D eigenvalue weighted by atomic mass is 10.1. The monoisotopic (exact) mass is 225 g/mol. The second-order valence-corrected chi connectivity index (χ2v) is 5.46. The number of nitrogens with one attached hydrogen (secondary N) is 1. The van der Waals surface area contributed by atoms with Crippen LogP contribution < -0.4 is 5.32 Å². The molecule has 1 rings (SSSR count). The van der Waals surface area contributed by atoms with Gasteiger partial charge < -0.3 is 5.32 Å². The summed E-state index contributed by atoms with van der Waals surface area (Å²) in [5.74, 6) is 1.51. The lowest BCUT2D eigenvalue weighted by Gasteiger charge is -2.05. The van der Waals surface area contributed by atoms with Gasteiger partial charge in [-0.1, -0.05) is 36.8 Å². The van der Waals surface area contributed by atoms with Crippen molar-refractivity contribution >= 4 is 10.8 Å². The Hall–Kier alpha value is -0.670. The summed E-state index contributed by atoms with van der Waals surface area (Å²) in [4.78, 5) is 0. The second kappa shape index (κ2) is 6.75. The van der Waals surface area contributed by atoms with Crippen LogP contribution in [-0.2, 0) is 17.3 Å². The SMILES string of the molecule is CCS(=O)CCNCc1cccc(C)c1. The van der Waals surface area contributed by atoms with Crippen LogP contribution in [0.4, 0.5) is 0 Å². The Morgan fingerprint density at radius 2 is 2.20 bits per heavy atom. The van der Waals surface area contributed by atoms with E-state index in [0.717, 1.165) is 24.6 Å². The van der Waals surface area contributed by atoms with Gasteiger partial charge in [-0.15, -0.1) is 0 Å². The Kier molecular flexibility index (Phi) is 5.58. The molecule has 0 aliphatic carbocycles. The van der Waals surface area contributed by atoms with Gasteiger partial charge in [0.15, 0.2) is 0 Å². The van der Waals surface area contributed by atoms with Gasteiger partial charge in [0.05, 0.1) is 0 Å². The van der Waals surface area contributed by atoms with Gasteiger partial charge in [-0.3, -0.25) is 4.21 Å². The minimum Gasteiger partial charge on any atom is -0.312 e. The molecule has 0 aromatic heterocycles. The molecule has 1 aromatic carbocycles. The van der Waals surface area contributed by atoms with Gasteiger partial charge in [0.1, 0.15) is 0 Å². The van der Waals surface area contributed by atoms with Crippen molar-refractivity contribution in [3.05, 3.63) is 35.4 Å². The molecule has 1 atom stereocenters. The number of rotatable bonds is 6. The molecule has 0 saturated carbocycles. The fraction of sp³-hybridized carbons (Fsp3) is 0.500. The number of aryl methyl sites for hydroxylation is 1. The van der Waals surface area contributed by atoms with E-state index in [1.54, 1.807) is 0 Å². The second-order valence-electron chi connectivity index (χ2n) is 3.60. The maximum absolute atomic E-state index is 11.1. The highest BCUT2D eigenvalue weighted by Gasteiger charge is 1.96. The molecule has 0 heterocycles. The van der Waals surface area contributed by atoms with Crippen molar-refractivity contribution < 1.29 is 4.21 Å². The average molecular weight is 225 g/mol. The highest BCUT2D eigenvalue weighted by atomic mass is 32.2. The molecule has 2 nitrogen and oxygen atoms in total. The van der Waals surface area contributed by atoms with Crippen molar-refractivity contribution in [3.63, 3.8) is 0 Å².